The molecular weight excluding hydrogens is 362 g/mol. The molecule has 7 heteroatoms. The molecule has 0 saturated carbocycles. The topological polar surface area (TPSA) is 87.3 Å². The molecule has 0 fully saturated rings. The number of hydrogen-bond acceptors (Lipinski definition) is 4. The predicted molar refractivity (Wildman–Crippen MR) is 105 cm³/mol. The average Bonchev–Trinajstić information content (AvgIpc) is 2.95. The molecule has 0 spiro atoms. The molecule has 2 aromatic rings. The van der Waals surface area contributed by atoms with Gasteiger partial charge in [-0.15, -0.1) is 11.3 Å². The molecule has 1 aromatic heterocycles. The Balaban J connectivity index is 1.47. The highest BCUT2D eigenvalue weighted by Crippen LogP contribution is 2.28. The van der Waals surface area contributed by atoms with Gasteiger partial charge in [-0.2, -0.15) is 0 Å². The summed E-state index contributed by atoms with van der Waals surface area (Å²) in [5, 5.41) is 2.55. The molecule has 142 valence electrons. The lowest BCUT2D eigenvalue weighted by Crippen LogP contribution is -2.46. The number of amides is 3. The molecule has 0 unspecified atom stereocenters. The molecule has 0 radical (unpaired) electrons. The monoisotopic (exact) mass is 385 g/mol. The Morgan fingerprint density at radius 2 is 1.78 bits per heavy atom. The Morgan fingerprint density at radius 1 is 1.00 bits per heavy atom. The van der Waals surface area contributed by atoms with Crippen LogP contribution in [0.5, 0.6) is 0 Å². The zero-order valence-electron chi connectivity index (χ0n) is 15.3. The van der Waals surface area contributed by atoms with E-state index >= 15 is 0 Å². The largest absolute Gasteiger partial charge is 0.343 e. The second kappa shape index (κ2) is 8.81. The van der Waals surface area contributed by atoms with Gasteiger partial charge in [0.05, 0.1) is 11.4 Å². The predicted octanol–water partition coefficient (Wildman–Crippen LogP) is 2.52. The van der Waals surface area contributed by atoms with Crippen LogP contribution in [0.2, 0.25) is 0 Å². The lowest BCUT2D eigenvalue weighted by atomic mass is 10.1. The van der Waals surface area contributed by atoms with Gasteiger partial charge in [-0.05, 0) is 55.9 Å². The van der Waals surface area contributed by atoms with Gasteiger partial charge in [0.2, 0.25) is 0 Å². The molecule has 3 amide bonds. The van der Waals surface area contributed by atoms with Crippen molar-refractivity contribution in [2.75, 3.05) is 6.54 Å². The lowest BCUT2D eigenvalue weighted by molar-refractivity contribution is -0.120. The number of nitrogens with one attached hydrogen (secondary N) is 3. The van der Waals surface area contributed by atoms with Crippen LogP contribution in [0, 0.1) is 6.92 Å². The van der Waals surface area contributed by atoms with Gasteiger partial charge in [-0.3, -0.25) is 25.2 Å². The van der Waals surface area contributed by atoms with E-state index in [4.69, 9.17) is 0 Å². The summed E-state index contributed by atoms with van der Waals surface area (Å²) >= 11 is 1.49. The molecular formula is C20H23N3O3S. The molecule has 3 N–H and O–H groups in total. The Labute approximate surface area is 162 Å². The maximum absolute atomic E-state index is 12.3. The number of carbonyl (C=O) groups excluding carboxylic acids is 3. The molecule has 1 heterocycles. The maximum atomic E-state index is 12.3. The van der Waals surface area contributed by atoms with E-state index in [9.17, 15) is 14.4 Å². The smallest absolute Gasteiger partial charge is 0.279 e. The SMILES string of the molecule is Cc1ccccc1C(=O)NCC(=O)NNC(=O)c1cc2c(s1)CCCCC2. The van der Waals surface area contributed by atoms with Crippen LogP contribution in [-0.2, 0) is 17.6 Å². The molecule has 3 rings (SSSR count). The molecule has 0 atom stereocenters. The zero-order chi connectivity index (χ0) is 19.2. The highest BCUT2D eigenvalue weighted by atomic mass is 32.1. The summed E-state index contributed by atoms with van der Waals surface area (Å²) in [4.78, 5) is 38.1. The molecule has 0 saturated heterocycles. The first-order valence-electron chi connectivity index (χ1n) is 9.09. The van der Waals surface area contributed by atoms with Crippen molar-refractivity contribution in [2.24, 2.45) is 0 Å². The van der Waals surface area contributed by atoms with Gasteiger partial charge in [0, 0.05) is 10.4 Å². The van der Waals surface area contributed by atoms with Crippen molar-refractivity contribution in [3.8, 4) is 0 Å². The lowest BCUT2D eigenvalue weighted by Gasteiger charge is -2.09. The van der Waals surface area contributed by atoms with E-state index in [0.717, 1.165) is 31.2 Å². The van der Waals surface area contributed by atoms with Crippen LogP contribution < -0.4 is 16.2 Å². The fourth-order valence-electron chi connectivity index (χ4n) is 3.10. The molecule has 6 nitrogen and oxygen atoms in total. The highest BCUT2D eigenvalue weighted by Gasteiger charge is 2.17. The van der Waals surface area contributed by atoms with E-state index in [-0.39, 0.29) is 18.4 Å². The summed E-state index contributed by atoms with van der Waals surface area (Å²) in [6, 6.07) is 9.07. The van der Waals surface area contributed by atoms with Crippen LogP contribution in [0.25, 0.3) is 0 Å². The summed E-state index contributed by atoms with van der Waals surface area (Å²) in [7, 11) is 0. The first-order chi connectivity index (χ1) is 13.0. The molecule has 1 aliphatic rings. The number of thiophene rings is 1. The summed E-state index contributed by atoms with van der Waals surface area (Å²) in [6.45, 7) is 1.62. The standard InChI is InChI=1S/C20H23N3O3S/c1-13-7-5-6-9-15(13)19(25)21-12-18(24)22-23-20(26)17-11-14-8-3-2-4-10-16(14)27-17/h5-7,9,11H,2-4,8,10,12H2,1H3,(H,21,25)(H,22,24)(H,23,26). The van der Waals surface area contributed by atoms with Crippen molar-refractivity contribution in [1.82, 2.24) is 16.2 Å². The van der Waals surface area contributed by atoms with Gasteiger partial charge in [0.15, 0.2) is 0 Å². The Kier molecular flexibility index (Phi) is 6.24. The van der Waals surface area contributed by atoms with Crippen LogP contribution in [0.1, 0.15) is 55.3 Å². The van der Waals surface area contributed by atoms with Crippen molar-refractivity contribution in [2.45, 2.75) is 39.0 Å². The van der Waals surface area contributed by atoms with Crippen LogP contribution in [-0.4, -0.2) is 24.3 Å². The molecule has 0 aliphatic heterocycles. The molecule has 1 aromatic carbocycles. The van der Waals surface area contributed by atoms with E-state index in [0.29, 0.717) is 10.4 Å². The van der Waals surface area contributed by atoms with E-state index in [1.807, 2.05) is 25.1 Å². The van der Waals surface area contributed by atoms with E-state index < -0.39 is 5.91 Å². The first kappa shape index (κ1) is 19.1. The van der Waals surface area contributed by atoms with Crippen LogP contribution in [0.15, 0.2) is 30.3 Å². The maximum Gasteiger partial charge on any atom is 0.279 e. The van der Waals surface area contributed by atoms with E-state index in [1.54, 1.807) is 12.1 Å². The van der Waals surface area contributed by atoms with E-state index in [2.05, 4.69) is 16.2 Å². The number of rotatable bonds is 4. The summed E-state index contributed by atoms with van der Waals surface area (Å²) in [6.07, 6.45) is 5.57. The third-order valence-electron chi connectivity index (χ3n) is 4.59. The summed E-state index contributed by atoms with van der Waals surface area (Å²) in [5.74, 6) is -1.13. The minimum Gasteiger partial charge on any atom is -0.343 e. The third-order valence-corrected chi connectivity index (χ3v) is 5.82. The molecule has 0 bridgehead atoms. The second-order valence-electron chi connectivity index (χ2n) is 6.62. The minimum absolute atomic E-state index is 0.214. The Bertz CT molecular complexity index is 836. The van der Waals surface area contributed by atoms with Gasteiger partial charge >= 0.3 is 0 Å². The number of aryl methyl sites for hydroxylation is 3. The van der Waals surface area contributed by atoms with Crippen LogP contribution in [0.3, 0.4) is 0 Å². The molecule has 27 heavy (non-hydrogen) atoms. The Morgan fingerprint density at radius 3 is 2.59 bits per heavy atom. The normalized spacial score (nSPS) is 13.2. The highest BCUT2D eigenvalue weighted by molar-refractivity contribution is 7.14. The Hall–Kier alpha value is -2.67. The first-order valence-corrected chi connectivity index (χ1v) is 9.91. The van der Waals surface area contributed by atoms with Crippen molar-refractivity contribution < 1.29 is 14.4 Å². The van der Waals surface area contributed by atoms with Gasteiger partial charge in [-0.1, -0.05) is 24.6 Å². The number of benzene rings is 1. The van der Waals surface area contributed by atoms with E-state index in [1.165, 1.54) is 28.2 Å². The van der Waals surface area contributed by atoms with Crippen molar-refractivity contribution in [1.29, 1.82) is 0 Å². The van der Waals surface area contributed by atoms with Gasteiger partial charge < -0.3 is 5.32 Å². The van der Waals surface area contributed by atoms with Gasteiger partial charge in [-0.25, -0.2) is 0 Å². The van der Waals surface area contributed by atoms with Crippen molar-refractivity contribution >= 4 is 29.1 Å². The second-order valence-corrected chi connectivity index (χ2v) is 7.76. The third kappa shape index (κ3) is 4.95. The van der Waals surface area contributed by atoms with Gasteiger partial charge in [0.1, 0.15) is 0 Å². The average molecular weight is 385 g/mol. The van der Waals surface area contributed by atoms with Crippen molar-refractivity contribution in [3.05, 3.63) is 56.8 Å². The zero-order valence-corrected chi connectivity index (χ0v) is 16.1. The fraction of sp³-hybridized carbons (Fsp3) is 0.350. The number of hydrogen-bond donors (Lipinski definition) is 3. The van der Waals surface area contributed by atoms with Gasteiger partial charge in [0.25, 0.3) is 17.7 Å². The minimum atomic E-state index is -0.483. The summed E-state index contributed by atoms with van der Waals surface area (Å²) < 4.78 is 0. The number of hydrazine groups is 1. The van der Waals surface area contributed by atoms with Crippen molar-refractivity contribution in [3.63, 3.8) is 0 Å². The van der Waals surface area contributed by atoms with Crippen LogP contribution in [0.4, 0.5) is 0 Å². The van der Waals surface area contributed by atoms with Crippen LogP contribution >= 0.6 is 11.3 Å². The number of carbonyl (C=O) groups is 3. The molecule has 1 aliphatic carbocycles. The fourth-order valence-corrected chi connectivity index (χ4v) is 4.24. The summed E-state index contributed by atoms with van der Waals surface area (Å²) in [5.41, 5.74) is 7.37. The number of fused-ring (bicyclic) bond motifs is 1. The quantitative estimate of drug-likeness (QED) is 0.558.